The van der Waals surface area contributed by atoms with Gasteiger partial charge in [-0.2, -0.15) is 0 Å². The topological polar surface area (TPSA) is 25.8 Å². The Hall–Kier alpha value is -2.00. The lowest BCUT2D eigenvalue weighted by molar-refractivity contribution is 0.824. The average Bonchev–Trinajstić information content (AvgIpc) is 3.01. The van der Waals surface area contributed by atoms with E-state index < -0.39 is 0 Å². The number of aromatic nitrogens is 2. The van der Waals surface area contributed by atoms with E-state index in [1.165, 1.54) is 11.1 Å². The van der Waals surface area contributed by atoms with E-state index in [-0.39, 0.29) is 0 Å². The van der Waals surface area contributed by atoms with Crippen LogP contribution in [0.2, 0.25) is 0 Å². The fourth-order valence-corrected chi connectivity index (χ4v) is 2.84. The van der Waals surface area contributed by atoms with Crippen LogP contribution in [0, 0.1) is 0 Å². The highest BCUT2D eigenvalue weighted by atomic mass is 32.1. The molecule has 0 N–H and O–H groups in total. The van der Waals surface area contributed by atoms with Crippen LogP contribution in [0.1, 0.15) is 25.5 Å². The average molecular weight is 280 g/mol. The molecule has 100 valence electrons. The third-order valence-corrected chi connectivity index (χ3v) is 4.11. The SMILES string of the molecule is CC(C)c1cc(-c2ccccc2)c(-c2cncs2)cn1. The summed E-state index contributed by atoms with van der Waals surface area (Å²) in [5.41, 5.74) is 6.59. The van der Waals surface area contributed by atoms with Crippen molar-refractivity contribution in [3.63, 3.8) is 0 Å². The highest BCUT2D eigenvalue weighted by Crippen LogP contribution is 2.34. The zero-order valence-electron chi connectivity index (χ0n) is 11.6. The summed E-state index contributed by atoms with van der Waals surface area (Å²) in [7, 11) is 0. The van der Waals surface area contributed by atoms with E-state index in [0.717, 1.165) is 16.1 Å². The van der Waals surface area contributed by atoms with Gasteiger partial charge in [-0.05, 0) is 23.1 Å². The number of thiazole rings is 1. The summed E-state index contributed by atoms with van der Waals surface area (Å²) in [5, 5.41) is 0. The molecule has 0 amide bonds. The van der Waals surface area contributed by atoms with Crippen LogP contribution in [0.4, 0.5) is 0 Å². The smallest absolute Gasteiger partial charge is 0.0797 e. The number of nitrogens with zero attached hydrogens (tertiary/aromatic N) is 2. The molecule has 0 aliphatic rings. The highest BCUT2D eigenvalue weighted by molar-refractivity contribution is 7.13. The molecule has 0 aliphatic carbocycles. The monoisotopic (exact) mass is 280 g/mol. The molecule has 0 saturated carbocycles. The lowest BCUT2D eigenvalue weighted by atomic mass is 9.97. The summed E-state index contributed by atoms with van der Waals surface area (Å²) in [5.74, 6) is 0.424. The number of hydrogen-bond acceptors (Lipinski definition) is 3. The van der Waals surface area contributed by atoms with E-state index in [0.29, 0.717) is 5.92 Å². The maximum atomic E-state index is 4.60. The summed E-state index contributed by atoms with van der Waals surface area (Å²) in [4.78, 5) is 9.94. The van der Waals surface area contributed by atoms with E-state index in [1.54, 1.807) is 11.3 Å². The van der Waals surface area contributed by atoms with Crippen LogP contribution in [0.3, 0.4) is 0 Å². The number of pyridine rings is 1. The molecule has 0 radical (unpaired) electrons. The first kappa shape index (κ1) is 13.0. The molecule has 2 aromatic heterocycles. The van der Waals surface area contributed by atoms with Crippen molar-refractivity contribution in [3.05, 3.63) is 60.0 Å². The fraction of sp³-hybridized carbons (Fsp3) is 0.176. The molecule has 3 heteroatoms. The molecule has 3 rings (SSSR count). The quantitative estimate of drug-likeness (QED) is 0.675. The van der Waals surface area contributed by atoms with Crippen molar-refractivity contribution in [2.24, 2.45) is 0 Å². The van der Waals surface area contributed by atoms with Crippen molar-refractivity contribution in [3.8, 4) is 21.6 Å². The van der Waals surface area contributed by atoms with Gasteiger partial charge in [0.05, 0.1) is 10.4 Å². The van der Waals surface area contributed by atoms with Gasteiger partial charge < -0.3 is 0 Å². The van der Waals surface area contributed by atoms with E-state index in [9.17, 15) is 0 Å². The Morgan fingerprint density at radius 1 is 1.00 bits per heavy atom. The number of rotatable bonds is 3. The molecular weight excluding hydrogens is 264 g/mol. The minimum absolute atomic E-state index is 0.424. The highest BCUT2D eigenvalue weighted by Gasteiger charge is 2.12. The first-order chi connectivity index (χ1) is 9.75. The molecule has 0 aliphatic heterocycles. The Balaban J connectivity index is 2.20. The van der Waals surface area contributed by atoms with E-state index >= 15 is 0 Å². The van der Waals surface area contributed by atoms with Crippen LogP contribution < -0.4 is 0 Å². The second-order valence-corrected chi connectivity index (χ2v) is 5.93. The maximum absolute atomic E-state index is 4.60. The van der Waals surface area contributed by atoms with Crippen molar-refractivity contribution in [1.29, 1.82) is 0 Å². The third kappa shape index (κ3) is 2.49. The van der Waals surface area contributed by atoms with Crippen LogP contribution in [0.5, 0.6) is 0 Å². The van der Waals surface area contributed by atoms with Crippen LogP contribution in [-0.2, 0) is 0 Å². The van der Waals surface area contributed by atoms with Gasteiger partial charge in [-0.25, -0.2) is 0 Å². The molecule has 0 bridgehead atoms. The lowest BCUT2D eigenvalue weighted by Crippen LogP contribution is -1.95. The summed E-state index contributed by atoms with van der Waals surface area (Å²) >= 11 is 1.65. The maximum Gasteiger partial charge on any atom is 0.0797 e. The predicted octanol–water partition coefficient (Wildman–Crippen LogP) is 5.00. The fourth-order valence-electron chi connectivity index (χ4n) is 2.19. The standard InChI is InChI=1S/C17H16N2S/c1-12(2)16-8-14(13-6-4-3-5-7-13)15(9-19-16)17-10-18-11-20-17/h3-12H,1-2H3. The van der Waals surface area contributed by atoms with Crippen molar-refractivity contribution in [2.45, 2.75) is 19.8 Å². The van der Waals surface area contributed by atoms with Crippen LogP contribution in [-0.4, -0.2) is 9.97 Å². The largest absolute Gasteiger partial charge is 0.260 e. The van der Waals surface area contributed by atoms with Gasteiger partial charge in [0.15, 0.2) is 0 Å². The minimum atomic E-state index is 0.424. The van der Waals surface area contributed by atoms with Gasteiger partial charge in [-0.3, -0.25) is 9.97 Å². The molecule has 20 heavy (non-hydrogen) atoms. The number of hydrogen-bond donors (Lipinski definition) is 0. The van der Waals surface area contributed by atoms with Gasteiger partial charge in [-0.1, -0.05) is 44.2 Å². The predicted molar refractivity (Wildman–Crippen MR) is 84.9 cm³/mol. The van der Waals surface area contributed by atoms with Crippen molar-refractivity contribution in [2.75, 3.05) is 0 Å². The molecule has 0 unspecified atom stereocenters. The van der Waals surface area contributed by atoms with Crippen molar-refractivity contribution in [1.82, 2.24) is 9.97 Å². The Bertz CT molecular complexity index is 688. The molecule has 0 spiro atoms. The zero-order valence-corrected chi connectivity index (χ0v) is 12.4. The molecule has 0 saturated heterocycles. The second kappa shape index (κ2) is 5.55. The summed E-state index contributed by atoms with van der Waals surface area (Å²) in [6.07, 6.45) is 3.88. The number of benzene rings is 1. The van der Waals surface area contributed by atoms with Gasteiger partial charge in [-0.15, -0.1) is 11.3 Å². The van der Waals surface area contributed by atoms with Gasteiger partial charge in [0.25, 0.3) is 0 Å². The summed E-state index contributed by atoms with van der Waals surface area (Å²) in [6, 6.07) is 12.7. The van der Waals surface area contributed by atoms with E-state index in [4.69, 9.17) is 0 Å². The molecule has 2 heterocycles. The Labute approximate surface area is 123 Å². The molecule has 3 aromatic rings. The molecule has 0 fully saturated rings. The normalized spacial score (nSPS) is 10.9. The van der Waals surface area contributed by atoms with Gasteiger partial charge in [0.2, 0.25) is 0 Å². The molecule has 0 atom stereocenters. The van der Waals surface area contributed by atoms with E-state index in [2.05, 4.69) is 54.1 Å². The van der Waals surface area contributed by atoms with Gasteiger partial charge in [0, 0.05) is 23.7 Å². The first-order valence-corrected chi connectivity index (χ1v) is 7.58. The van der Waals surface area contributed by atoms with Crippen molar-refractivity contribution >= 4 is 11.3 Å². The zero-order chi connectivity index (χ0) is 13.9. The molecular formula is C17H16N2S. The van der Waals surface area contributed by atoms with Crippen LogP contribution in [0.25, 0.3) is 21.6 Å². The van der Waals surface area contributed by atoms with Crippen molar-refractivity contribution < 1.29 is 0 Å². The van der Waals surface area contributed by atoms with Crippen LogP contribution >= 0.6 is 11.3 Å². The lowest BCUT2D eigenvalue weighted by Gasteiger charge is -2.12. The Morgan fingerprint density at radius 3 is 2.45 bits per heavy atom. The first-order valence-electron chi connectivity index (χ1n) is 6.70. The Morgan fingerprint density at radius 2 is 1.80 bits per heavy atom. The van der Waals surface area contributed by atoms with E-state index in [1.807, 2.05) is 24.0 Å². The second-order valence-electron chi connectivity index (χ2n) is 5.04. The summed E-state index contributed by atoms with van der Waals surface area (Å²) < 4.78 is 0. The molecule has 2 nitrogen and oxygen atoms in total. The van der Waals surface area contributed by atoms with Crippen LogP contribution in [0.15, 0.2) is 54.3 Å². The minimum Gasteiger partial charge on any atom is -0.260 e. The Kier molecular flexibility index (Phi) is 3.61. The molecule has 1 aromatic carbocycles. The van der Waals surface area contributed by atoms with Gasteiger partial charge in [0.1, 0.15) is 0 Å². The summed E-state index contributed by atoms with van der Waals surface area (Å²) in [6.45, 7) is 4.34. The third-order valence-electron chi connectivity index (χ3n) is 3.30. The van der Waals surface area contributed by atoms with Gasteiger partial charge >= 0.3 is 0 Å².